The number of carbonyl (C=O) groups excluding carboxylic acids is 1. The van der Waals surface area contributed by atoms with Gasteiger partial charge in [-0.1, -0.05) is 48.5 Å². The number of ether oxygens (including phenoxy) is 1. The molecule has 194 valence electrons. The maximum absolute atomic E-state index is 12.7. The lowest BCUT2D eigenvalue weighted by molar-refractivity contribution is 0.0977. The molecule has 0 saturated heterocycles. The number of anilines is 2. The van der Waals surface area contributed by atoms with Gasteiger partial charge in [0, 0.05) is 23.4 Å². The van der Waals surface area contributed by atoms with Crippen molar-refractivity contribution in [3.8, 4) is 5.75 Å². The maximum Gasteiger partial charge on any atom is 0.261 e. The number of halogens is 1. The molecule has 7 nitrogen and oxygen atoms in total. The molecular weight excluding hydrogens is 586 g/mol. The van der Waals surface area contributed by atoms with E-state index < -0.39 is 15.9 Å². The number of thiocarbonyl (C=S) groups is 1. The molecule has 4 aromatic rings. The van der Waals surface area contributed by atoms with Crippen LogP contribution in [-0.4, -0.2) is 26.0 Å². The summed E-state index contributed by atoms with van der Waals surface area (Å²) in [4.78, 5) is 12.8. The van der Waals surface area contributed by atoms with Crippen LogP contribution in [0.15, 0.2) is 112 Å². The Kier molecular flexibility index (Phi) is 9.11. The predicted molar refractivity (Wildman–Crippen MR) is 157 cm³/mol. The van der Waals surface area contributed by atoms with Gasteiger partial charge in [-0.2, -0.15) is 0 Å². The molecule has 0 heterocycles. The standard InChI is InChI=1S/C28H24BrN3O4S2/c29-25-19-21(11-16-26(25)36-18-17-20-7-3-1-4-8-20)27(33)31-28(37)30-22-12-14-24(15-13-22)38(34,35)32-23-9-5-2-6-10-23/h1-16,19,32H,17-18H2,(H2,30,31,33,37). The highest BCUT2D eigenvalue weighted by molar-refractivity contribution is 9.10. The Morgan fingerprint density at radius 1 is 0.842 bits per heavy atom. The van der Waals surface area contributed by atoms with Crippen molar-refractivity contribution in [3.63, 3.8) is 0 Å². The topological polar surface area (TPSA) is 96.5 Å². The van der Waals surface area contributed by atoms with Crippen LogP contribution in [0.25, 0.3) is 0 Å². The Bertz CT molecular complexity index is 1520. The zero-order valence-electron chi connectivity index (χ0n) is 20.1. The van der Waals surface area contributed by atoms with E-state index in [0.29, 0.717) is 33.8 Å². The van der Waals surface area contributed by atoms with Crippen LogP contribution in [0.3, 0.4) is 0 Å². The van der Waals surface area contributed by atoms with Crippen molar-refractivity contribution < 1.29 is 17.9 Å². The number of carbonyl (C=O) groups is 1. The van der Waals surface area contributed by atoms with E-state index in [0.717, 1.165) is 6.42 Å². The van der Waals surface area contributed by atoms with Crippen molar-refractivity contribution in [2.24, 2.45) is 0 Å². The zero-order valence-corrected chi connectivity index (χ0v) is 23.3. The largest absolute Gasteiger partial charge is 0.492 e. The van der Waals surface area contributed by atoms with E-state index in [4.69, 9.17) is 17.0 Å². The third-order valence-electron chi connectivity index (χ3n) is 5.36. The summed E-state index contributed by atoms with van der Waals surface area (Å²) < 4.78 is 34.2. The average molecular weight is 611 g/mol. The summed E-state index contributed by atoms with van der Waals surface area (Å²) in [6.45, 7) is 0.505. The molecule has 0 saturated carbocycles. The molecule has 0 bridgehead atoms. The molecule has 3 N–H and O–H groups in total. The second kappa shape index (κ2) is 12.7. The molecule has 4 aromatic carbocycles. The van der Waals surface area contributed by atoms with Crippen LogP contribution < -0.4 is 20.1 Å². The minimum atomic E-state index is -3.74. The summed E-state index contributed by atoms with van der Waals surface area (Å²) in [5, 5.41) is 5.59. The molecule has 10 heteroatoms. The number of nitrogens with one attached hydrogen (secondary N) is 3. The van der Waals surface area contributed by atoms with Gasteiger partial charge in [-0.05, 0) is 88.3 Å². The average Bonchev–Trinajstić information content (AvgIpc) is 2.91. The summed E-state index contributed by atoms with van der Waals surface area (Å²) in [7, 11) is -3.74. The second-order valence-corrected chi connectivity index (χ2v) is 11.1. The van der Waals surface area contributed by atoms with Crippen LogP contribution in [-0.2, 0) is 16.4 Å². The number of rotatable bonds is 9. The van der Waals surface area contributed by atoms with E-state index in [2.05, 4.69) is 31.3 Å². The number of sulfonamides is 1. The van der Waals surface area contributed by atoms with Gasteiger partial charge in [0.15, 0.2) is 5.11 Å². The molecule has 0 aliphatic carbocycles. The van der Waals surface area contributed by atoms with Crippen LogP contribution >= 0.6 is 28.1 Å². The number of hydrogen-bond donors (Lipinski definition) is 3. The van der Waals surface area contributed by atoms with Gasteiger partial charge in [-0.25, -0.2) is 8.42 Å². The first-order valence-electron chi connectivity index (χ1n) is 11.6. The van der Waals surface area contributed by atoms with Gasteiger partial charge in [0.2, 0.25) is 0 Å². The first kappa shape index (κ1) is 27.3. The van der Waals surface area contributed by atoms with Gasteiger partial charge in [-0.15, -0.1) is 0 Å². The third kappa shape index (κ3) is 7.64. The van der Waals surface area contributed by atoms with E-state index in [1.807, 2.05) is 30.3 Å². The summed E-state index contributed by atoms with van der Waals surface area (Å²) in [6, 6.07) is 29.7. The van der Waals surface area contributed by atoms with E-state index in [-0.39, 0.29) is 10.0 Å². The predicted octanol–water partition coefficient (Wildman–Crippen LogP) is 6.00. The monoisotopic (exact) mass is 609 g/mol. The molecule has 4 rings (SSSR count). The zero-order chi connectivity index (χ0) is 27.0. The molecule has 0 aliphatic heterocycles. The SMILES string of the molecule is O=C(NC(=S)Nc1ccc(S(=O)(=O)Nc2ccccc2)cc1)c1ccc(OCCc2ccccc2)c(Br)c1. The molecule has 0 unspecified atom stereocenters. The number of hydrogen-bond acceptors (Lipinski definition) is 5. The van der Waals surface area contributed by atoms with Crippen LogP contribution in [0.2, 0.25) is 0 Å². The Labute approximate surface area is 235 Å². The van der Waals surface area contributed by atoms with Gasteiger partial charge in [0.1, 0.15) is 5.75 Å². The number of amides is 1. The smallest absolute Gasteiger partial charge is 0.261 e. The molecule has 0 radical (unpaired) electrons. The Morgan fingerprint density at radius 3 is 2.16 bits per heavy atom. The summed E-state index contributed by atoms with van der Waals surface area (Å²) in [5.41, 5.74) is 2.57. The quantitative estimate of drug-likeness (QED) is 0.201. The molecule has 0 atom stereocenters. The van der Waals surface area contributed by atoms with E-state index in [1.54, 1.807) is 60.7 Å². The third-order valence-corrected chi connectivity index (χ3v) is 7.58. The van der Waals surface area contributed by atoms with Crippen molar-refractivity contribution in [1.82, 2.24) is 5.32 Å². The first-order valence-corrected chi connectivity index (χ1v) is 14.3. The van der Waals surface area contributed by atoms with E-state index in [1.165, 1.54) is 17.7 Å². The molecule has 38 heavy (non-hydrogen) atoms. The lowest BCUT2D eigenvalue weighted by Gasteiger charge is -2.12. The fourth-order valence-corrected chi connectivity index (χ4v) is 5.22. The Morgan fingerprint density at radius 2 is 1.50 bits per heavy atom. The molecule has 0 aliphatic rings. The molecule has 1 amide bonds. The van der Waals surface area contributed by atoms with Crippen LogP contribution in [0.4, 0.5) is 11.4 Å². The highest BCUT2D eigenvalue weighted by Gasteiger charge is 2.15. The van der Waals surface area contributed by atoms with Gasteiger partial charge >= 0.3 is 0 Å². The van der Waals surface area contributed by atoms with Gasteiger partial charge in [0.05, 0.1) is 16.0 Å². The van der Waals surface area contributed by atoms with Crippen molar-refractivity contribution >= 4 is 60.6 Å². The van der Waals surface area contributed by atoms with Crippen molar-refractivity contribution in [3.05, 3.63) is 119 Å². The second-order valence-electron chi connectivity index (χ2n) is 8.13. The van der Waals surface area contributed by atoms with Crippen LogP contribution in [0.5, 0.6) is 5.75 Å². The normalized spacial score (nSPS) is 10.9. The maximum atomic E-state index is 12.7. The van der Waals surface area contributed by atoms with Crippen LogP contribution in [0, 0.1) is 0 Å². The molecular formula is C28H24BrN3O4S2. The lowest BCUT2D eigenvalue weighted by Crippen LogP contribution is -2.34. The van der Waals surface area contributed by atoms with Crippen LogP contribution in [0.1, 0.15) is 15.9 Å². The summed E-state index contributed by atoms with van der Waals surface area (Å²) >= 11 is 8.72. The Balaban J connectivity index is 1.29. The molecule has 0 fully saturated rings. The first-order chi connectivity index (χ1) is 18.3. The number of para-hydroxylation sites is 1. The lowest BCUT2D eigenvalue weighted by atomic mass is 10.2. The molecule has 0 aromatic heterocycles. The summed E-state index contributed by atoms with van der Waals surface area (Å²) in [5.74, 6) is 0.236. The van der Waals surface area contributed by atoms with Gasteiger partial charge in [0.25, 0.3) is 15.9 Å². The minimum Gasteiger partial charge on any atom is -0.492 e. The van der Waals surface area contributed by atoms with Gasteiger partial charge in [-0.3, -0.25) is 14.8 Å². The Hall–Kier alpha value is -3.73. The highest BCUT2D eigenvalue weighted by atomic mass is 79.9. The summed E-state index contributed by atoms with van der Waals surface area (Å²) in [6.07, 6.45) is 0.770. The van der Waals surface area contributed by atoms with Gasteiger partial charge < -0.3 is 10.1 Å². The highest BCUT2D eigenvalue weighted by Crippen LogP contribution is 2.26. The van der Waals surface area contributed by atoms with Crippen molar-refractivity contribution in [2.75, 3.05) is 16.6 Å². The molecule has 0 spiro atoms. The number of benzene rings is 4. The minimum absolute atomic E-state index is 0.0762. The van der Waals surface area contributed by atoms with E-state index >= 15 is 0 Å². The van der Waals surface area contributed by atoms with Crippen molar-refractivity contribution in [1.29, 1.82) is 0 Å². The van der Waals surface area contributed by atoms with E-state index in [9.17, 15) is 13.2 Å². The van der Waals surface area contributed by atoms with Crippen molar-refractivity contribution in [2.45, 2.75) is 11.3 Å². The fraction of sp³-hybridized carbons (Fsp3) is 0.0714. The fourth-order valence-electron chi connectivity index (χ4n) is 3.46.